The first-order valence-electron chi connectivity index (χ1n) is 10.2. The molecule has 34 heavy (non-hydrogen) atoms. The Morgan fingerprint density at radius 2 is 1.68 bits per heavy atom. The molecule has 3 aromatic carbocycles. The number of benzene rings is 3. The third kappa shape index (κ3) is 4.85. The van der Waals surface area contributed by atoms with Crippen LogP contribution in [0.25, 0.3) is 23.0 Å². The van der Waals surface area contributed by atoms with Crippen molar-refractivity contribution in [1.29, 1.82) is 0 Å². The van der Waals surface area contributed by atoms with Crippen LogP contribution in [0.2, 0.25) is 5.02 Å². The Labute approximate surface area is 200 Å². The summed E-state index contributed by atoms with van der Waals surface area (Å²) in [5.74, 6) is 0.768. The quantitative estimate of drug-likeness (QED) is 0.339. The highest BCUT2D eigenvalue weighted by atomic mass is 35.5. The molecule has 0 spiro atoms. The van der Waals surface area contributed by atoms with Crippen molar-refractivity contribution < 1.29 is 12.9 Å². The standard InChI is InChI=1S/C24H18ClN5O3S/c25-19-10-8-18(9-11-19)23-27-24(33-28-23)22-15-30(16-26-22)14-17-6-12-20(13-7-17)29-34(31,32)21-4-2-1-3-5-21/h1-13,15-16,29H,14H2. The van der Waals surface area contributed by atoms with E-state index in [-0.39, 0.29) is 4.90 Å². The van der Waals surface area contributed by atoms with Gasteiger partial charge in [-0.2, -0.15) is 4.98 Å². The Balaban J connectivity index is 1.26. The maximum absolute atomic E-state index is 12.5. The van der Waals surface area contributed by atoms with E-state index in [0.717, 1.165) is 11.1 Å². The smallest absolute Gasteiger partial charge is 0.278 e. The maximum atomic E-state index is 12.5. The van der Waals surface area contributed by atoms with E-state index in [2.05, 4.69) is 19.8 Å². The maximum Gasteiger partial charge on any atom is 0.278 e. The average molecular weight is 492 g/mol. The number of anilines is 1. The molecule has 0 aliphatic rings. The van der Waals surface area contributed by atoms with Gasteiger partial charge in [-0.25, -0.2) is 13.4 Å². The zero-order valence-corrected chi connectivity index (χ0v) is 19.2. The van der Waals surface area contributed by atoms with Gasteiger partial charge in [0.05, 0.1) is 11.2 Å². The monoisotopic (exact) mass is 491 g/mol. The van der Waals surface area contributed by atoms with Crippen LogP contribution in [0.5, 0.6) is 0 Å². The fourth-order valence-corrected chi connectivity index (χ4v) is 4.51. The average Bonchev–Trinajstić information content (AvgIpc) is 3.51. The molecule has 10 heteroatoms. The highest BCUT2D eigenvalue weighted by Crippen LogP contribution is 2.23. The van der Waals surface area contributed by atoms with E-state index in [1.54, 1.807) is 60.9 Å². The van der Waals surface area contributed by atoms with Gasteiger partial charge in [-0.05, 0) is 54.1 Å². The van der Waals surface area contributed by atoms with Crippen LogP contribution in [0.1, 0.15) is 5.56 Å². The van der Waals surface area contributed by atoms with Crippen LogP contribution in [0.15, 0.2) is 101 Å². The molecule has 8 nitrogen and oxygen atoms in total. The molecule has 170 valence electrons. The molecule has 0 amide bonds. The minimum atomic E-state index is -3.63. The molecule has 0 saturated carbocycles. The Hall–Kier alpha value is -3.95. The van der Waals surface area contributed by atoms with Crippen molar-refractivity contribution >= 4 is 27.3 Å². The minimum Gasteiger partial charge on any atom is -0.332 e. The summed E-state index contributed by atoms with van der Waals surface area (Å²) < 4.78 is 34.8. The first kappa shape index (κ1) is 21.9. The number of sulfonamides is 1. The molecule has 2 aromatic heterocycles. The number of halogens is 1. The zero-order valence-electron chi connectivity index (χ0n) is 17.7. The van der Waals surface area contributed by atoms with Crippen LogP contribution in [-0.2, 0) is 16.6 Å². The highest BCUT2D eigenvalue weighted by Gasteiger charge is 2.15. The van der Waals surface area contributed by atoms with Gasteiger partial charge in [-0.3, -0.25) is 4.72 Å². The van der Waals surface area contributed by atoms with E-state index < -0.39 is 10.0 Å². The fraction of sp³-hybridized carbons (Fsp3) is 0.0417. The molecular weight excluding hydrogens is 474 g/mol. The second-order valence-corrected chi connectivity index (χ2v) is 9.60. The number of imidazole rings is 1. The van der Waals surface area contributed by atoms with Crippen molar-refractivity contribution in [2.75, 3.05) is 4.72 Å². The number of rotatable bonds is 7. The van der Waals surface area contributed by atoms with E-state index in [0.29, 0.717) is 34.7 Å². The lowest BCUT2D eigenvalue weighted by Gasteiger charge is -2.09. The van der Waals surface area contributed by atoms with Crippen molar-refractivity contribution in [1.82, 2.24) is 19.7 Å². The summed E-state index contributed by atoms with van der Waals surface area (Å²) in [6.45, 7) is 0.539. The number of aromatic nitrogens is 4. The Bertz CT molecular complexity index is 1510. The summed E-state index contributed by atoms with van der Waals surface area (Å²) in [6, 6.07) is 22.6. The van der Waals surface area contributed by atoms with Crippen LogP contribution in [0, 0.1) is 0 Å². The topological polar surface area (TPSA) is 103 Å². The predicted molar refractivity (Wildman–Crippen MR) is 129 cm³/mol. The number of nitrogens with zero attached hydrogens (tertiary/aromatic N) is 4. The first-order valence-corrected chi connectivity index (χ1v) is 12.1. The van der Waals surface area contributed by atoms with Crippen molar-refractivity contribution in [2.45, 2.75) is 11.4 Å². The van der Waals surface area contributed by atoms with Gasteiger partial charge in [-0.15, -0.1) is 0 Å². The van der Waals surface area contributed by atoms with Crippen LogP contribution in [0.4, 0.5) is 5.69 Å². The molecule has 0 radical (unpaired) electrons. The van der Waals surface area contributed by atoms with Crippen molar-refractivity contribution in [3.05, 3.63) is 102 Å². The molecule has 1 N–H and O–H groups in total. The largest absolute Gasteiger partial charge is 0.332 e. The third-order valence-electron chi connectivity index (χ3n) is 5.01. The second kappa shape index (κ2) is 9.12. The van der Waals surface area contributed by atoms with Crippen molar-refractivity contribution in [2.24, 2.45) is 0 Å². The molecule has 0 fully saturated rings. The van der Waals surface area contributed by atoms with Gasteiger partial charge in [0.25, 0.3) is 15.9 Å². The van der Waals surface area contributed by atoms with E-state index in [1.807, 2.05) is 35.0 Å². The summed E-state index contributed by atoms with van der Waals surface area (Å²) in [5, 5.41) is 4.64. The molecule has 0 aliphatic carbocycles. The number of hydrogen-bond donors (Lipinski definition) is 1. The normalized spacial score (nSPS) is 11.4. The Morgan fingerprint density at radius 3 is 2.41 bits per heavy atom. The van der Waals surface area contributed by atoms with Crippen LogP contribution in [0.3, 0.4) is 0 Å². The van der Waals surface area contributed by atoms with Crippen LogP contribution in [-0.4, -0.2) is 28.1 Å². The molecule has 0 bridgehead atoms. The Kier molecular flexibility index (Phi) is 5.87. The third-order valence-corrected chi connectivity index (χ3v) is 6.65. The summed E-state index contributed by atoms with van der Waals surface area (Å²) in [6.07, 6.45) is 3.48. The molecule has 0 aliphatic heterocycles. The molecule has 5 aromatic rings. The highest BCUT2D eigenvalue weighted by molar-refractivity contribution is 7.92. The lowest BCUT2D eigenvalue weighted by atomic mass is 10.2. The van der Waals surface area contributed by atoms with E-state index in [1.165, 1.54) is 0 Å². The van der Waals surface area contributed by atoms with E-state index in [4.69, 9.17) is 16.1 Å². The molecule has 0 atom stereocenters. The fourth-order valence-electron chi connectivity index (χ4n) is 3.30. The van der Waals surface area contributed by atoms with Crippen molar-refractivity contribution in [3.63, 3.8) is 0 Å². The summed E-state index contributed by atoms with van der Waals surface area (Å²) >= 11 is 5.92. The van der Waals surface area contributed by atoms with Gasteiger partial charge < -0.3 is 9.09 Å². The SMILES string of the molecule is O=S(=O)(Nc1ccc(Cn2cnc(-c3nc(-c4ccc(Cl)cc4)no3)c2)cc1)c1ccccc1. The van der Waals surface area contributed by atoms with E-state index in [9.17, 15) is 8.42 Å². The van der Waals surface area contributed by atoms with Crippen molar-refractivity contribution in [3.8, 4) is 23.0 Å². The summed E-state index contributed by atoms with van der Waals surface area (Å²) in [7, 11) is -3.63. The van der Waals surface area contributed by atoms with Crippen LogP contribution < -0.4 is 4.72 Å². The lowest BCUT2D eigenvalue weighted by Crippen LogP contribution is -2.12. The molecule has 2 heterocycles. The van der Waals surface area contributed by atoms with Gasteiger partial charge in [-0.1, -0.05) is 47.1 Å². The minimum absolute atomic E-state index is 0.213. The number of hydrogen-bond acceptors (Lipinski definition) is 6. The van der Waals surface area contributed by atoms with Crippen LogP contribution >= 0.6 is 11.6 Å². The molecule has 5 rings (SSSR count). The molecule has 0 unspecified atom stereocenters. The van der Waals surface area contributed by atoms with Gasteiger partial charge in [0.2, 0.25) is 5.82 Å². The van der Waals surface area contributed by atoms with Gasteiger partial charge in [0.1, 0.15) is 5.69 Å². The molecule has 0 saturated heterocycles. The summed E-state index contributed by atoms with van der Waals surface area (Å²) in [4.78, 5) is 8.98. The van der Waals surface area contributed by atoms with Gasteiger partial charge in [0, 0.05) is 29.0 Å². The summed E-state index contributed by atoms with van der Waals surface area (Å²) in [5.41, 5.74) is 2.81. The number of nitrogens with one attached hydrogen (secondary N) is 1. The predicted octanol–water partition coefficient (Wildman–Crippen LogP) is 5.10. The first-order chi connectivity index (χ1) is 16.5. The zero-order chi connectivity index (χ0) is 23.5. The lowest BCUT2D eigenvalue weighted by molar-refractivity contribution is 0.431. The Morgan fingerprint density at radius 1 is 0.941 bits per heavy atom. The van der Waals surface area contributed by atoms with E-state index >= 15 is 0 Å². The molecular formula is C24H18ClN5O3S. The van der Waals surface area contributed by atoms with Gasteiger partial charge in [0.15, 0.2) is 0 Å². The second-order valence-electron chi connectivity index (χ2n) is 7.48. The van der Waals surface area contributed by atoms with Gasteiger partial charge >= 0.3 is 0 Å².